The SMILES string of the molecule is CCCCOCCCNC(=O)c1ccc(NC(=O)C2CC2)cc1. The third-order valence-corrected chi connectivity index (χ3v) is 3.76. The lowest BCUT2D eigenvalue weighted by atomic mass is 10.2. The van der Waals surface area contributed by atoms with E-state index in [-0.39, 0.29) is 17.7 Å². The highest BCUT2D eigenvalue weighted by Gasteiger charge is 2.29. The normalized spacial score (nSPS) is 13.6. The lowest BCUT2D eigenvalue weighted by Gasteiger charge is -2.08. The number of rotatable bonds is 10. The van der Waals surface area contributed by atoms with Crippen molar-refractivity contribution in [1.29, 1.82) is 0 Å². The summed E-state index contributed by atoms with van der Waals surface area (Å²) in [6, 6.07) is 7.00. The quantitative estimate of drug-likeness (QED) is 0.652. The topological polar surface area (TPSA) is 67.4 Å². The molecule has 0 heterocycles. The highest BCUT2D eigenvalue weighted by atomic mass is 16.5. The van der Waals surface area contributed by atoms with Crippen molar-refractivity contribution < 1.29 is 14.3 Å². The molecule has 0 spiro atoms. The Hall–Kier alpha value is -1.88. The van der Waals surface area contributed by atoms with Crippen LogP contribution in [-0.2, 0) is 9.53 Å². The van der Waals surface area contributed by atoms with Crippen LogP contribution in [0.15, 0.2) is 24.3 Å². The molecule has 1 aliphatic rings. The lowest BCUT2D eigenvalue weighted by Crippen LogP contribution is -2.25. The molecular weight excluding hydrogens is 292 g/mol. The van der Waals surface area contributed by atoms with E-state index in [2.05, 4.69) is 17.6 Å². The first kappa shape index (κ1) is 17.5. The standard InChI is InChI=1S/C18H26N2O3/c1-2-3-12-23-13-4-11-19-17(21)14-7-9-16(10-8-14)20-18(22)15-5-6-15/h7-10,15H,2-6,11-13H2,1H3,(H,19,21)(H,20,22). The van der Waals surface area contributed by atoms with E-state index in [0.29, 0.717) is 18.7 Å². The number of carbonyl (C=O) groups excluding carboxylic acids is 2. The van der Waals surface area contributed by atoms with Gasteiger partial charge in [-0.15, -0.1) is 0 Å². The largest absolute Gasteiger partial charge is 0.381 e. The van der Waals surface area contributed by atoms with Crippen molar-refractivity contribution in [2.45, 2.75) is 39.0 Å². The number of hydrogen-bond donors (Lipinski definition) is 2. The number of carbonyl (C=O) groups is 2. The molecule has 0 aliphatic heterocycles. The van der Waals surface area contributed by atoms with Gasteiger partial charge in [0.05, 0.1) is 0 Å². The molecule has 0 unspecified atom stereocenters. The van der Waals surface area contributed by atoms with Crippen molar-refractivity contribution in [3.63, 3.8) is 0 Å². The molecule has 2 amide bonds. The fraction of sp³-hybridized carbons (Fsp3) is 0.556. The first-order chi connectivity index (χ1) is 11.2. The average Bonchev–Trinajstić information content (AvgIpc) is 3.39. The second kappa shape index (κ2) is 9.30. The predicted molar refractivity (Wildman–Crippen MR) is 90.5 cm³/mol. The number of unbranched alkanes of at least 4 members (excludes halogenated alkanes) is 1. The molecule has 2 N–H and O–H groups in total. The van der Waals surface area contributed by atoms with E-state index in [1.54, 1.807) is 24.3 Å². The average molecular weight is 318 g/mol. The summed E-state index contributed by atoms with van der Waals surface area (Å²) in [5, 5.41) is 5.73. The van der Waals surface area contributed by atoms with E-state index in [0.717, 1.165) is 44.4 Å². The molecule has 23 heavy (non-hydrogen) atoms. The van der Waals surface area contributed by atoms with Crippen LogP contribution in [0.4, 0.5) is 5.69 Å². The number of nitrogens with one attached hydrogen (secondary N) is 2. The Morgan fingerprint density at radius 1 is 1.13 bits per heavy atom. The molecule has 5 heteroatoms. The van der Waals surface area contributed by atoms with Crippen LogP contribution >= 0.6 is 0 Å². The van der Waals surface area contributed by atoms with Gasteiger partial charge in [0.2, 0.25) is 5.91 Å². The van der Waals surface area contributed by atoms with Gasteiger partial charge in [-0.1, -0.05) is 13.3 Å². The summed E-state index contributed by atoms with van der Waals surface area (Å²) in [6.45, 7) is 4.20. The summed E-state index contributed by atoms with van der Waals surface area (Å²) in [5.74, 6) is 0.154. The number of amides is 2. The van der Waals surface area contributed by atoms with Crippen molar-refractivity contribution in [1.82, 2.24) is 5.32 Å². The van der Waals surface area contributed by atoms with E-state index >= 15 is 0 Å². The molecule has 0 radical (unpaired) electrons. The first-order valence-corrected chi connectivity index (χ1v) is 8.47. The lowest BCUT2D eigenvalue weighted by molar-refractivity contribution is -0.117. The Kier molecular flexibility index (Phi) is 7.07. The maximum absolute atomic E-state index is 12.0. The van der Waals surface area contributed by atoms with E-state index in [1.165, 1.54) is 0 Å². The van der Waals surface area contributed by atoms with Crippen LogP contribution in [0, 0.1) is 5.92 Å². The fourth-order valence-electron chi connectivity index (χ4n) is 2.12. The number of benzene rings is 1. The Morgan fingerprint density at radius 3 is 2.48 bits per heavy atom. The van der Waals surface area contributed by atoms with Gasteiger partial charge in [-0.25, -0.2) is 0 Å². The summed E-state index contributed by atoms with van der Waals surface area (Å²) < 4.78 is 5.45. The molecule has 2 rings (SSSR count). The molecule has 0 bridgehead atoms. The molecule has 1 fully saturated rings. The molecular formula is C18H26N2O3. The van der Waals surface area contributed by atoms with Gasteiger partial charge < -0.3 is 15.4 Å². The van der Waals surface area contributed by atoms with Gasteiger partial charge in [0.25, 0.3) is 5.91 Å². The monoisotopic (exact) mass is 318 g/mol. The van der Waals surface area contributed by atoms with Crippen molar-refractivity contribution in [2.75, 3.05) is 25.1 Å². The van der Waals surface area contributed by atoms with Crippen LogP contribution in [0.5, 0.6) is 0 Å². The van der Waals surface area contributed by atoms with Crippen LogP contribution in [0.25, 0.3) is 0 Å². The van der Waals surface area contributed by atoms with Gasteiger partial charge in [0.15, 0.2) is 0 Å². The number of hydrogen-bond acceptors (Lipinski definition) is 3. The molecule has 1 saturated carbocycles. The third kappa shape index (κ3) is 6.40. The zero-order valence-corrected chi connectivity index (χ0v) is 13.8. The van der Waals surface area contributed by atoms with Gasteiger partial charge in [-0.05, 0) is 49.9 Å². The molecule has 0 saturated heterocycles. The molecule has 126 valence electrons. The molecule has 0 aromatic heterocycles. The first-order valence-electron chi connectivity index (χ1n) is 8.47. The van der Waals surface area contributed by atoms with E-state index < -0.39 is 0 Å². The van der Waals surface area contributed by atoms with Gasteiger partial charge in [0, 0.05) is 36.9 Å². The second-order valence-corrected chi connectivity index (χ2v) is 5.92. The smallest absolute Gasteiger partial charge is 0.251 e. The van der Waals surface area contributed by atoms with Crippen LogP contribution in [0.1, 0.15) is 49.4 Å². The van der Waals surface area contributed by atoms with E-state index in [4.69, 9.17) is 4.74 Å². The minimum atomic E-state index is -0.0985. The van der Waals surface area contributed by atoms with Gasteiger partial charge in [0.1, 0.15) is 0 Å². The molecule has 1 aliphatic carbocycles. The highest BCUT2D eigenvalue weighted by Crippen LogP contribution is 2.30. The van der Waals surface area contributed by atoms with E-state index in [9.17, 15) is 9.59 Å². The fourth-order valence-corrected chi connectivity index (χ4v) is 2.12. The summed E-state index contributed by atoms with van der Waals surface area (Å²) >= 11 is 0. The minimum absolute atomic E-state index is 0.0743. The Morgan fingerprint density at radius 2 is 1.83 bits per heavy atom. The summed E-state index contributed by atoms with van der Waals surface area (Å²) in [7, 11) is 0. The van der Waals surface area contributed by atoms with Crippen molar-refractivity contribution in [3.8, 4) is 0 Å². The predicted octanol–water partition coefficient (Wildman–Crippen LogP) is 2.97. The van der Waals surface area contributed by atoms with Gasteiger partial charge >= 0.3 is 0 Å². The Labute approximate surface area is 137 Å². The van der Waals surface area contributed by atoms with Crippen LogP contribution in [0.2, 0.25) is 0 Å². The van der Waals surface area contributed by atoms with Crippen molar-refractivity contribution in [3.05, 3.63) is 29.8 Å². The molecule has 5 nitrogen and oxygen atoms in total. The van der Waals surface area contributed by atoms with Crippen LogP contribution < -0.4 is 10.6 Å². The minimum Gasteiger partial charge on any atom is -0.381 e. The maximum Gasteiger partial charge on any atom is 0.251 e. The Bertz CT molecular complexity index is 510. The van der Waals surface area contributed by atoms with Gasteiger partial charge in [-0.2, -0.15) is 0 Å². The summed E-state index contributed by atoms with van der Waals surface area (Å²) in [5.41, 5.74) is 1.34. The van der Waals surface area contributed by atoms with E-state index in [1.807, 2.05) is 0 Å². The molecule has 0 atom stereocenters. The maximum atomic E-state index is 12.0. The summed E-state index contributed by atoms with van der Waals surface area (Å²) in [6.07, 6.45) is 4.98. The van der Waals surface area contributed by atoms with Crippen LogP contribution in [-0.4, -0.2) is 31.6 Å². The zero-order valence-electron chi connectivity index (χ0n) is 13.8. The van der Waals surface area contributed by atoms with Crippen molar-refractivity contribution >= 4 is 17.5 Å². The van der Waals surface area contributed by atoms with Crippen LogP contribution in [0.3, 0.4) is 0 Å². The molecule has 1 aromatic carbocycles. The molecule has 1 aromatic rings. The number of ether oxygens (including phenoxy) is 1. The van der Waals surface area contributed by atoms with Gasteiger partial charge in [-0.3, -0.25) is 9.59 Å². The van der Waals surface area contributed by atoms with Crippen molar-refractivity contribution in [2.24, 2.45) is 5.92 Å². The summed E-state index contributed by atoms with van der Waals surface area (Å²) in [4.78, 5) is 23.7. The Balaban J connectivity index is 1.65. The second-order valence-electron chi connectivity index (χ2n) is 5.92. The third-order valence-electron chi connectivity index (χ3n) is 3.76. The highest BCUT2D eigenvalue weighted by molar-refractivity contribution is 5.96. The number of anilines is 1. The zero-order chi connectivity index (χ0) is 16.5.